The van der Waals surface area contributed by atoms with Crippen molar-refractivity contribution in [2.75, 3.05) is 19.6 Å². The Morgan fingerprint density at radius 1 is 1.28 bits per heavy atom. The molecule has 0 radical (unpaired) electrons. The highest BCUT2D eigenvalue weighted by atomic mass is 16.4. The molecule has 4 heteroatoms. The van der Waals surface area contributed by atoms with Crippen molar-refractivity contribution in [3.8, 4) is 0 Å². The van der Waals surface area contributed by atoms with Gasteiger partial charge in [-0.05, 0) is 46.7 Å². The number of aryl methyl sites for hydroxylation is 2. The number of rotatable bonds is 5. The lowest BCUT2D eigenvalue weighted by molar-refractivity contribution is 0.207. The third kappa shape index (κ3) is 3.82. The third-order valence-corrected chi connectivity index (χ3v) is 3.66. The summed E-state index contributed by atoms with van der Waals surface area (Å²) in [6.07, 6.45) is 4.10. The number of hydrogen-bond donors (Lipinski definition) is 1. The van der Waals surface area contributed by atoms with Gasteiger partial charge in [0, 0.05) is 12.6 Å². The van der Waals surface area contributed by atoms with Gasteiger partial charge in [0.15, 0.2) is 0 Å². The van der Waals surface area contributed by atoms with Crippen LogP contribution in [0.2, 0.25) is 0 Å². The second-order valence-electron chi connectivity index (χ2n) is 5.39. The summed E-state index contributed by atoms with van der Waals surface area (Å²) in [5.74, 6) is 1.73. The predicted octanol–water partition coefficient (Wildman–Crippen LogP) is 2.26. The van der Waals surface area contributed by atoms with Crippen LogP contribution >= 0.6 is 0 Å². The van der Waals surface area contributed by atoms with Crippen molar-refractivity contribution in [2.45, 2.75) is 52.6 Å². The maximum Gasteiger partial charge on any atom is 0.208 e. The van der Waals surface area contributed by atoms with Gasteiger partial charge in [0.1, 0.15) is 5.76 Å². The molecule has 4 nitrogen and oxygen atoms in total. The molecule has 2 rings (SSSR count). The quantitative estimate of drug-likeness (QED) is 0.871. The van der Waals surface area contributed by atoms with Crippen LogP contribution in [0.1, 0.15) is 43.5 Å². The predicted molar refractivity (Wildman–Crippen MR) is 72.6 cm³/mol. The van der Waals surface area contributed by atoms with E-state index in [0.717, 1.165) is 30.4 Å². The molecular formula is C14H25N3O. The molecule has 1 fully saturated rings. The van der Waals surface area contributed by atoms with Gasteiger partial charge in [-0.3, -0.25) is 0 Å². The maximum absolute atomic E-state index is 5.57. The molecule has 1 saturated heterocycles. The first-order chi connectivity index (χ1) is 8.65. The molecule has 0 bridgehead atoms. The molecule has 0 aliphatic carbocycles. The van der Waals surface area contributed by atoms with Gasteiger partial charge in [0.05, 0.1) is 12.2 Å². The first-order valence-corrected chi connectivity index (χ1v) is 7.04. The highest BCUT2D eigenvalue weighted by Gasteiger charge is 2.14. The van der Waals surface area contributed by atoms with E-state index in [1.54, 1.807) is 0 Å². The standard InChI is InChI=1S/C14H25N3O/c1-11(10-17-7-5-4-6-8-17)15-9-14-16-12(2)13(3)18-14/h11,15H,4-10H2,1-3H3. The monoisotopic (exact) mass is 251 g/mol. The van der Waals surface area contributed by atoms with Crippen molar-refractivity contribution in [1.29, 1.82) is 0 Å². The molecule has 0 aromatic carbocycles. The molecule has 1 aliphatic rings. The van der Waals surface area contributed by atoms with E-state index in [0.29, 0.717) is 6.04 Å². The Kier molecular flexibility index (Phi) is 4.78. The van der Waals surface area contributed by atoms with Gasteiger partial charge < -0.3 is 14.6 Å². The molecule has 1 aliphatic heterocycles. The van der Waals surface area contributed by atoms with E-state index in [1.165, 1.54) is 32.4 Å². The first kappa shape index (κ1) is 13.6. The molecule has 18 heavy (non-hydrogen) atoms. The van der Waals surface area contributed by atoms with E-state index >= 15 is 0 Å². The molecule has 2 heterocycles. The molecular weight excluding hydrogens is 226 g/mol. The Bertz CT molecular complexity index is 350. The van der Waals surface area contributed by atoms with Crippen molar-refractivity contribution in [2.24, 2.45) is 0 Å². The number of nitrogens with one attached hydrogen (secondary N) is 1. The van der Waals surface area contributed by atoms with E-state index in [4.69, 9.17) is 4.42 Å². The second-order valence-corrected chi connectivity index (χ2v) is 5.39. The summed E-state index contributed by atoms with van der Waals surface area (Å²) in [6, 6.07) is 0.482. The number of aromatic nitrogens is 1. The fraction of sp³-hybridized carbons (Fsp3) is 0.786. The van der Waals surface area contributed by atoms with Crippen molar-refractivity contribution in [3.63, 3.8) is 0 Å². The average Bonchev–Trinajstić information content (AvgIpc) is 2.68. The van der Waals surface area contributed by atoms with Gasteiger partial charge in [-0.15, -0.1) is 0 Å². The second kappa shape index (κ2) is 6.34. The number of nitrogens with zero attached hydrogens (tertiary/aromatic N) is 2. The third-order valence-electron chi connectivity index (χ3n) is 3.66. The Morgan fingerprint density at radius 3 is 2.61 bits per heavy atom. The number of hydrogen-bond acceptors (Lipinski definition) is 4. The van der Waals surface area contributed by atoms with E-state index < -0.39 is 0 Å². The lowest BCUT2D eigenvalue weighted by atomic mass is 10.1. The average molecular weight is 251 g/mol. The van der Waals surface area contributed by atoms with Gasteiger partial charge in [-0.1, -0.05) is 6.42 Å². The minimum absolute atomic E-state index is 0.482. The SMILES string of the molecule is Cc1nc(CNC(C)CN2CCCCC2)oc1C. The summed E-state index contributed by atoms with van der Waals surface area (Å²) in [5, 5.41) is 3.49. The molecule has 0 amide bonds. The highest BCUT2D eigenvalue weighted by molar-refractivity contribution is 5.05. The van der Waals surface area contributed by atoms with Crippen LogP contribution < -0.4 is 5.32 Å². The van der Waals surface area contributed by atoms with Crippen LogP contribution in [0.3, 0.4) is 0 Å². The summed E-state index contributed by atoms with van der Waals surface area (Å²) in [7, 11) is 0. The topological polar surface area (TPSA) is 41.3 Å². The summed E-state index contributed by atoms with van der Waals surface area (Å²) >= 11 is 0. The van der Waals surface area contributed by atoms with Crippen molar-refractivity contribution in [1.82, 2.24) is 15.2 Å². The molecule has 0 saturated carbocycles. The zero-order chi connectivity index (χ0) is 13.0. The Hall–Kier alpha value is -0.870. The molecule has 1 unspecified atom stereocenters. The molecule has 102 valence electrons. The molecule has 1 aromatic heterocycles. The lowest BCUT2D eigenvalue weighted by Gasteiger charge is -2.29. The lowest BCUT2D eigenvalue weighted by Crippen LogP contribution is -2.41. The first-order valence-electron chi connectivity index (χ1n) is 7.04. The van der Waals surface area contributed by atoms with Gasteiger partial charge in [0.2, 0.25) is 5.89 Å². The van der Waals surface area contributed by atoms with Crippen molar-refractivity contribution in [3.05, 3.63) is 17.3 Å². The van der Waals surface area contributed by atoms with E-state index in [1.807, 2.05) is 13.8 Å². The number of piperidine rings is 1. The molecule has 1 aromatic rings. The molecule has 1 atom stereocenters. The van der Waals surface area contributed by atoms with Crippen LogP contribution in [0.4, 0.5) is 0 Å². The minimum Gasteiger partial charge on any atom is -0.444 e. The summed E-state index contributed by atoms with van der Waals surface area (Å²) in [6.45, 7) is 10.5. The summed E-state index contributed by atoms with van der Waals surface area (Å²) < 4.78 is 5.57. The number of oxazole rings is 1. The Morgan fingerprint density at radius 2 is 2.00 bits per heavy atom. The largest absolute Gasteiger partial charge is 0.444 e. The molecule has 1 N–H and O–H groups in total. The zero-order valence-electron chi connectivity index (χ0n) is 11.8. The van der Waals surface area contributed by atoms with Crippen LogP contribution in [0.5, 0.6) is 0 Å². The fourth-order valence-corrected chi connectivity index (χ4v) is 2.47. The summed E-state index contributed by atoms with van der Waals surface area (Å²) in [4.78, 5) is 6.94. The fourth-order valence-electron chi connectivity index (χ4n) is 2.47. The van der Waals surface area contributed by atoms with Crippen LogP contribution in [0, 0.1) is 13.8 Å². The smallest absolute Gasteiger partial charge is 0.208 e. The normalized spacial score (nSPS) is 19.1. The van der Waals surface area contributed by atoms with Gasteiger partial charge in [-0.25, -0.2) is 4.98 Å². The summed E-state index contributed by atoms with van der Waals surface area (Å²) in [5.41, 5.74) is 0.996. The highest BCUT2D eigenvalue weighted by Crippen LogP contribution is 2.10. The van der Waals surface area contributed by atoms with Gasteiger partial charge >= 0.3 is 0 Å². The molecule has 0 spiro atoms. The van der Waals surface area contributed by atoms with Crippen molar-refractivity contribution < 1.29 is 4.42 Å². The van der Waals surface area contributed by atoms with E-state index in [-0.39, 0.29) is 0 Å². The van der Waals surface area contributed by atoms with Crippen LogP contribution in [0.25, 0.3) is 0 Å². The van der Waals surface area contributed by atoms with Crippen LogP contribution in [0.15, 0.2) is 4.42 Å². The maximum atomic E-state index is 5.57. The Labute approximate surface area is 110 Å². The van der Waals surface area contributed by atoms with Gasteiger partial charge in [-0.2, -0.15) is 0 Å². The number of likely N-dealkylation sites (tertiary alicyclic amines) is 1. The van der Waals surface area contributed by atoms with E-state index in [9.17, 15) is 0 Å². The van der Waals surface area contributed by atoms with Crippen LogP contribution in [-0.4, -0.2) is 35.6 Å². The van der Waals surface area contributed by atoms with Crippen molar-refractivity contribution >= 4 is 0 Å². The van der Waals surface area contributed by atoms with Crippen LogP contribution in [-0.2, 0) is 6.54 Å². The minimum atomic E-state index is 0.482. The van der Waals surface area contributed by atoms with Gasteiger partial charge in [0.25, 0.3) is 0 Å². The zero-order valence-corrected chi connectivity index (χ0v) is 11.8. The Balaban J connectivity index is 1.72. The van der Waals surface area contributed by atoms with E-state index in [2.05, 4.69) is 22.1 Å².